The second-order valence-corrected chi connectivity index (χ2v) is 16.0. The molecule has 5 nitrogen and oxygen atoms in total. The van der Waals surface area contributed by atoms with Gasteiger partial charge in [0.25, 0.3) is 0 Å². The van der Waals surface area contributed by atoms with E-state index in [9.17, 15) is 0 Å². The lowest BCUT2D eigenvalue weighted by molar-refractivity contribution is 1.08. The lowest BCUT2D eigenvalue weighted by Crippen LogP contribution is -2.01. The Kier molecular flexibility index (Phi) is 7.54. The van der Waals surface area contributed by atoms with E-state index in [-0.39, 0.29) is 0 Å². The van der Waals surface area contributed by atoms with Gasteiger partial charge in [-0.1, -0.05) is 152 Å². The predicted octanol–water partition coefficient (Wildman–Crippen LogP) is 14.5. The fraction of sp³-hybridized carbons (Fsp3) is 0. The van der Waals surface area contributed by atoms with Gasteiger partial charge in [0.15, 0.2) is 17.5 Å². The second kappa shape index (κ2) is 13.6. The van der Waals surface area contributed by atoms with Crippen LogP contribution >= 0.6 is 0 Å². The van der Waals surface area contributed by atoms with Crippen LogP contribution in [-0.4, -0.2) is 24.1 Å². The van der Waals surface area contributed by atoms with Gasteiger partial charge in [-0.2, -0.15) is 0 Å². The highest BCUT2D eigenvalue weighted by atomic mass is 15.0. The van der Waals surface area contributed by atoms with Crippen LogP contribution in [0.1, 0.15) is 0 Å². The number of nitrogens with zero attached hydrogens (tertiary/aromatic N) is 5. The summed E-state index contributed by atoms with van der Waals surface area (Å²) in [4.78, 5) is 16.0. The summed E-state index contributed by atoms with van der Waals surface area (Å²) in [6.45, 7) is 0. The monoisotopic (exact) mass is 789 g/mol. The molecular formula is C57H35N5. The third kappa shape index (κ3) is 5.25. The Hall–Kier alpha value is -8.41. The first-order chi connectivity index (χ1) is 30.7. The Bertz CT molecular complexity index is 3930. The van der Waals surface area contributed by atoms with Crippen LogP contribution in [0.15, 0.2) is 212 Å². The van der Waals surface area contributed by atoms with E-state index < -0.39 is 0 Å². The lowest BCUT2D eigenvalue weighted by Gasteiger charge is -2.15. The summed E-state index contributed by atoms with van der Waals surface area (Å²) in [7, 11) is 0. The van der Waals surface area contributed by atoms with Gasteiger partial charge in [0.05, 0.1) is 27.8 Å². The van der Waals surface area contributed by atoms with Crippen molar-refractivity contribution in [1.29, 1.82) is 0 Å². The maximum atomic E-state index is 5.37. The zero-order valence-electron chi connectivity index (χ0n) is 33.4. The topological polar surface area (TPSA) is 48.5 Å². The number of rotatable bonds is 5. The molecule has 0 aliphatic heterocycles. The Morgan fingerprint density at radius 3 is 1.56 bits per heavy atom. The molecule has 62 heavy (non-hydrogen) atoms. The molecule has 0 atom stereocenters. The average Bonchev–Trinajstić information content (AvgIpc) is 3.84. The Labute approximate surface area is 356 Å². The van der Waals surface area contributed by atoms with Crippen LogP contribution in [0.25, 0.3) is 121 Å². The van der Waals surface area contributed by atoms with Crippen LogP contribution in [0.5, 0.6) is 0 Å². The molecule has 0 unspecified atom stereocenters. The Morgan fingerprint density at radius 2 is 0.790 bits per heavy atom. The van der Waals surface area contributed by atoms with Gasteiger partial charge < -0.3 is 9.13 Å². The van der Waals surface area contributed by atoms with Gasteiger partial charge in [-0.05, 0) is 87.6 Å². The molecule has 0 aliphatic carbocycles. The molecule has 13 rings (SSSR count). The predicted molar refractivity (Wildman–Crippen MR) is 257 cm³/mol. The van der Waals surface area contributed by atoms with Gasteiger partial charge in [-0.25, -0.2) is 15.0 Å². The quantitative estimate of drug-likeness (QED) is 0.174. The maximum Gasteiger partial charge on any atom is 0.164 e. The molecule has 13 aromatic rings. The van der Waals surface area contributed by atoms with Crippen LogP contribution in [-0.2, 0) is 0 Å². The number of fused-ring (bicyclic) bond motifs is 9. The summed E-state index contributed by atoms with van der Waals surface area (Å²) in [6, 6.07) is 75.7. The fourth-order valence-corrected chi connectivity index (χ4v) is 9.73. The van der Waals surface area contributed by atoms with Gasteiger partial charge >= 0.3 is 0 Å². The number of benzene rings is 10. The zero-order valence-corrected chi connectivity index (χ0v) is 33.4. The van der Waals surface area contributed by atoms with Crippen LogP contribution in [0.2, 0.25) is 0 Å². The van der Waals surface area contributed by atoms with Crippen molar-refractivity contribution in [2.24, 2.45) is 0 Å². The smallest absolute Gasteiger partial charge is 0.164 e. The average molecular weight is 790 g/mol. The number of hydrogen-bond acceptors (Lipinski definition) is 3. The molecule has 0 spiro atoms. The molecule has 0 amide bonds. The zero-order chi connectivity index (χ0) is 40.7. The van der Waals surface area contributed by atoms with Crippen molar-refractivity contribution in [3.05, 3.63) is 212 Å². The normalized spacial score (nSPS) is 11.9. The summed E-state index contributed by atoms with van der Waals surface area (Å²) >= 11 is 0. The highest BCUT2D eigenvalue weighted by Crippen LogP contribution is 2.40. The standard InChI is InChI=1S/C57H35N5/c1-2-19-40(20-3-1)61-50-28-10-8-22-44(50)48-34-39(31-32-53(48)61)55-58-56(46-26-12-18-36-15-6-7-21-41(36)46)60-57(59-55)47-27-13-25-43-42(47)24-14-30-52(43)62-51-29-11-9-23-45(51)49-33-37-16-4-5-17-38(37)35-54(49)62/h1-35H. The molecular weight excluding hydrogens is 755 g/mol. The molecule has 0 aliphatic rings. The van der Waals surface area contributed by atoms with Gasteiger partial charge in [-0.3, -0.25) is 0 Å². The summed E-state index contributed by atoms with van der Waals surface area (Å²) in [6.07, 6.45) is 0. The van der Waals surface area contributed by atoms with Crippen molar-refractivity contribution in [2.75, 3.05) is 0 Å². The third-order valence-corrected chi connectivity index (χ3v) is 12.5. The SMILES string of the molecule is c1ccc(-n2c3ccccc3c3cc(-c4nc(-c5cccc6ccccc56)nc(-c5cccc6c(-n7c8ccccc8c8cc9ccccc9cc87)cccc56)n4)ccc32)cc1. The summed E-state index contributed by atoms with van der Waals surface area (Å²) in [5, 5.41) is 11.6. The van der Waals surface area contributed by atoms with Crippen LogP contribution in [0, 0.1) is 0 Å². The van der Waals surface area contributed by atoms with Crippen LogP contribution in [0.4, 0.5) is 0 Å². The van der Waals surface area contributed by atoms with E-state index >= 15 is 0 Å². The first-order valence-corrected chi connectivity index (χ1v) is 21.0. The molecule has 0 saturated carbocycles. The molecule has 3 aromatic heterocycles. The Balaban J connectivity index is 1.05. The van der Waals surface area contributed by atoms with E-state index in [1.807, 2.05) is 0 Å². The molecule has 0 saturated heterocycles. The Morgan fingerprint density at radius 1 is 0.274 bits per heavy atom. The molecule has 0 N–H and O–H groups in total. The van der Waals surface area contributed by atoms with E-state index in [1.165, 1.54) is 38.0 Å². The van der Waals surface area contributed by atoms with Crippen molar-refractivity contribution >= 4 is 75.9 Å². The van der Waals surface area contributed by atoms with E-state index in [1.54, 1.807) is 0 Å². The van der Waals surface area contributed by atoms with Crippen molar-refractivity contribution in [3.8, 4) is 45.5 Å². The lowest BCUT2D eigenvalue weighted by atomic mass is 10.0. The van der Waals surface area contributed by atoms with E-state index in [4.69, 9.17) is 15.0 Å². The molecule has 10 aromatic carbocycles. The highest BCUT2D eigenvalue weighted by Gasteiger charge is 2.20. The van der Waals surface area contributed by atoms with Crippen molar-refractivity contribution in [3.63, 3.8) is 0 Å². The summed E-state index contributed by atoms with van der Waals surface area (Å²) < 4.78 is 4.76. The number of hydrogen-bond donors (Lipinski definition) is 0. The molecule has 288 valence electrons. The molecule has 3 heterocycles. The molecule has 0 fully saturated rings. The minimum absolute atomic E-state index is 0.624. The van der Waals surface area contributed by atoms with Crippen molar-refractivity contribution < 1.29 is 0 Å². The first kappa shape index (κ1) is 34.5. The van der Waals surface area contributed by atoms with Crippen molar-refractivity contribution in [1.82, 2.24) is 24.1 Å². The first-order valence-electron chi connectivity index (χ1n) is 21.0. The summed E-state index contributed by atoms with van der Waals surface area (Å²) in [5.74, 6) is 1.88. The van der Waals surface area contributed by atoms with Gasteiger partial charge in [0, 0.05) is 49.3 Å². The maximum absolute atomic E-state index is 5.37. The van der Waals surface area contributed by atoms with Crippen LogP contribution < -0.4 is 0 Å². The third-order valence-electron chi connectivity index (χ3n) is 12.5. The summed E-state index contributed by atoms with van der Waals surface area (Å²) in [5.41, 5.74) is 9.69. The van der Waals surface area contributed by atoms with Crippen molar-refractivity contribution in [2.45, 2.75) is 0 Å². The molecule has 0 radical (unpaired) electrons. The highest BCUT2D eigenvalue weighted by molar-refractivity contribution is 6.15. The largest absolute Gasteiger partial charge is 0.309 e. The van der Waals surface area contributed by atoms with E-state index in [0.29, 0.717) is 17.5 Å². The number of aromatic nitrogens is 5. The number of para-hydroxylation sites is 3. The van der Waals surface area contributed by atoms with Gasteiger partial charge in [0.1, 0.15) is 0 Å². The minimum atomic E-state index is 0.624. The molecule has 5 heteroatoms. The van der Waals surface area contributed by atoms with E-state index in [0.717, 1.165) is 66.0 Å². The molecule has 0 bridgehead atoms. The minimum Gasteiger partial charge on any atom is -0.309 e. The fourth-order valence-electron chi connectivity index (χ4n) is 9.73. The van der Waals surface area contributed by atoms with Gasteiger partial charge in [0.2, 0.25) is 0 Å². The second-order valence-electron chi connectivity index (χ2n) is 16.0. The van der Waals surface area contributed by atoms with Crippen LogP contribution in [0.3, 0.4) is 0 Å². The van der Waals surface area contributed by atoms with Gasteiger partial charge in [-0.15, -0.1) is 0 Å². The van der Waals surface area contributed by atoms with E-state index in [2.05, 4.69) is 221 Å².